The lowest BCUT2D eigenvalue weighted by Gasteiger charge is -2.28. The standard InChI is InChI=1S/C16H25N3/c1-6-9-15(17-7-2)12-19(8-3)16-14(5)10-13(4)11-18-16/h6-7,10-11,15,17H,1-2,8-9,12H2,3-5H3. The van der Waals surface area contributed by atoms with Crippen LogP contribution in [-0.2, 0) is 0 Å². The molecule has 104 valence electrons. The lowest BCUT2D eigenvalue weighted by atomic mass is 10.1. The molecule has 0 aliphatic carbocycles. The third-order valence-corrected chi connectivity index (χ3v) is 3.11. The maximum Gasteiger partial charge on any atom is 0.131 e. The van der Waals surface area contributed by atoms with Crippen molar-refractivity contribution in [3.05, 3.63) is 48.8 Å². The number of nitrogens with zero attached hydrogens (tertiary/aromatic N) is 2. The summed E-state index contributed by atoms with van der Waals surface area (Å²) in [5.41, 5.74) is 2.42. The van der Waals surface area contributed by atoms with Gasteiger partial charge < -0.3 is 10.2 Å². The van der Waals surface area contributed by atoms with E-state index < -0.39 is 0 Å². The van der Waals surface area contributed by atoms with Crippen molar-refractivity contribution in [2.24, 2.45) is 0 Å². The third-order valence-electron chi connectivity index (χ3n) is 3.11. The molecule has 0 fully saturated rings. The smallest absolute Gasteiger partial charge is 0.131 e. The first-order valence-electron chi connectivity index (χ1n) is 6.78. The van der Waals surface area contributed by atoms with Crippen LogP contribution >= 0.6 is 0 Å². The van der Waals surface area contributed by atoms with E-state index in [9.17, 15) is 0 Å². The molecule has 1 unspecified atom stereocenters. The van der Waals surface area contributed by atoms with E-state index in [2.05, 4.69) is 55.2 Å². The van der Waals surface area contributed by atoms with E-state index in [1.807, 2.05) is 12.3 Å². The average molecular weight is 259 g/mol. The molecular weight excluding hydrogens is 234 g/mol. The van der Waals surface area contributed by atoms with Gasteiger partial charge in [0.05, 0.1) is 0 Å². The third kappa shape index (κ3) is 4.43. The van der Waals surface area contributed by atoms with Crippen LogP contribution < -0.4 is 10.2 Å². The molecule has 0 aromatic carbocycles. The number of likely N-dealkylation sites (N-methyl/N-ethyl adjacent to an activating group) is 1. The molecule has 0 radical (unpaired) electrons. The molecule has 1 heterocycles. The van der Waals surface area contributed by atoms with Gasteiger partial charge in [0.2, 0.25) is 0 Å². The van der Waals surface area contributed by atoms with Crippen molar-refractivity contribution < 1.29 is 0 Å². The molecule has 3 nitrogen and oxygen atoms in total. The predicted octanol–water partition coefficient (Wildman–Crippen LogP) is 3.20. The number of aromatic nitrogens is 1. The van der Waals surface area contributed by atoms with Gasteiger partial charge >= 0.3 is 0 Å². The molecule has 0 saturated heterocycles. The van der Waals surface area contributed by atoms with Crippen LogP contribution in [0.4, 0.5) is 5.82 Å². The van der Waals surface area contributed by atoms with Gasteiger partial charge in [0.25, 0.3) is 0 Å². The molecule has 1 N–H and O–H groups in total. The number of hydrogen-bond acceptors (Lipinski definition) is 3. The van der Waals surface area contributed by atoms with Gasteiger partial charge in [0.15, 0.2) is 0 Å². The fourth-order valence-electron chi connectivity index (χ4n) is 2.23. The summed E-state index contributed by atoms with van der Waals surface area (Å²) in [5.74, 6) is 1.06. The summed E-state index contributed by atoms with van der Waals surface area (Å²) in [6, 6.07) is 2.49. The van der Waals surface area contributed by atoms with Crippen molar-refractivity contribution >= 4 is 5.82 Å². The number of nitrogens with one attached hydrogen (secondary N) is 1. The maximum absolute atomic E-state index is 4.57. The summed E-state index contributed by atoms with van der Waals surface area (Å²) in [5, 5.41) is 3.27. The zero-order chi connectivity index (χ0) is 14.3. The minimum Gasteiger partial charge on any atom is -0.387 e. The number of pyridine rings is 1. The molecule has 19 heavy (non-hydrogen) atoms. The fourth-order valence-corrected chi connectivity index (χ4v) is 2.23. The van der Waals surface area contributed by atoms with Crippen LogP contribution in [-0.4, -0.2) is 24.1 Å². The van der Waals surface area contributed by atoms with Crippen LogP contribution in [0.1, 0.15) is 24.5 Å². The Morgan fingerprint density at radius 2 is 2.16 bits per heavy atom. The van der Waals surface area contributed by atoms with Gasteiger partial charge in [-0.1, -0.05) is 18.7 Å². The molecule has 0 bridgehead atoms. The quantitative estimate of drug-likeness (QED) is 0.727. The average Bonchev–Trinajstić information content (AvgIpc) is 2.37. The van der Waals surface area contributed by atoms with E-state index in [4.69, 9.17) is 0 Å². The van der Waals surface area contributed by atoms with Crippen molar-refractivity contribution in [1.82, 2.24) is 10.3 Å². The molecule has 0 spiro atoms. The topological polar surface area (TPSA) is 28.2 Å². The van der Waals surface area contributed by atoms with Gasteiger partial charge in [-0.15, -0.1) is 6.58 Å². The van der Waals surface area contributed by atoms with Crippen molar-refractivity contribution in [2.75, 3.05) is 18.0 Å². The van der Waals surface area contributed by atoms with Gasteiger partial charge in [0.1, 0.15) is 5.82 Å². The lowest BCUT2D eigenvalue weighted by molar-refractivity contribution is 0.573. The summed E-state index contributed by atoms with van der Waals surface area (Å²) in [6.07, 6.45) is 6.52. The Morgan fingerprint density at radius 3 is 2.68 bits per heavy atom. The van der Waals surface area contributed by atoms with E-state index >= 15 is 0 Å². The van der Waals surface area contributed by atoms with E-state index in [0.29, 0.717) is 6.04 Å². The number of aryl methyl sites for hydroxylation is 2. The summed E-state index contributed by atoms with van der Waals surface area (Å²) < 4.78 is 0. The van der Waals surface area contributed by atoms with Gasteiger partial charge in [-0.2, -0.15) is 0 Å². The molecule has 1 rings (SSSR count). The Morgan fingerprint density at radius 1 is 1.42 bits per heavy atom. The molecule has 0 amide bonds. The van der Waals surface area contributed by atoms with Crippen LogP contribution in [0.25, 0.3) is 0 Å². The fraction of sp³-hybridized carbons (Fsp3) is 0.438. The molecule has 3 heteroatoms. The summed E-state index contributed by atoms with van der Waals surface area (Å²) in [4.78, 5) is 6.86. The highest BCUT2D eigenvalue weighted by Crippen LogP contribution is 2.18. The minimum absolute atomic E-state index is 0.317. The van der Waals surface area contributed by atoms with Gasteiger partial charge in [0, 0.05) is 25.3 Å². The second kappa shape index (κ2) is 7.62. The Labute approximate surface area is 117 Å². The minimum atomic E-state index is 0.317. The van der Waals surface area contributed by atoms with Crippen molar-refractivity contribution in [2.45, 2.75) is 33.2 Å². The maximum atomic E-state index is 4.57. The second-order valence-corrected chi connectivity index (χ2v) is 4.78. The van der Waals surface area contributed by atoms with Crippen LogP contribution in [0.5, 0.6) is 0 Å². The van der Waals surface area contributed by atoms with E-state index in [1.54, 1.807) is 6.20 Å². The lowest BCUT2D eigenvalue weighted by Crippen LogP contribution is -2.39. The van der Waals surface area contributed by atoms with Crippen LogP contribution in [0, 0.1) is 13.8 Å². The summed E-state index contributed by atoms with van der Waals surface area (Å²) in [7, 11) is 0. The second-order valence-electron chi connectivity index (χ2n) is 4.78. The molecule has 1 atom stereocenters. The molecule has 1 aromatic rings. The normalized spacial score (nSPS) is 11.7. The highest BCUT2D eigenvalue weighted by molar-refractivity contribution is 5.47. The zero-order valence-electron chi connectivity index (χ0n) is 12.3. The molecule has 1 aromatic heterocycles. The van der Waals surface area contributed by atoms with Crippen molar-refractivity contribution in [1.29, 1.82) is 0 Å². The number of hydrogen-bond donors (Lipinski definition) is 1. The highest BCUT2D eigenvalue weighted by atomic mass is 15.2. The molecule has 0 saturated carbocycles. The summed E-state index contributed by atoms with van der Waals surface area (Å²) in [6.45, 7) is 15.7. The first-order valence-corrected chi connectivity index (χ1v) is 6.78. The Balaban J connectivity index is 2.86. The van der Waals surface area contributed by atoms with E-state index in [-0.39, 0.29) is 0 Å². The molecular formula is C16H25N3. The largest absolute Gasteiger partial charge is 0.387 e. The van der Waals surface area contributed by atoms with Crippen molar-refractivity contribution in [3.8, 4) is 0 Å². The van der Waals surface area contributed by atoms with Gasteiger partial charge in [-0.3, -0.25) is 0 Å². The Bertz CT molecular complexity index is 416. The van der Waals surface area contributed by atoms with Gasteiger partial charge in [-0.05, 0) is 44.5 Å². The van der Waals surface area contributed by atoms with E-state index in [1.165, 1.54) is 11.1 Å². The number of anilines is 1. The number of rotatable bonds is 8. The van der Waals surface area contributed by atoms with Crippen LogP contribution in [0.2, 0.25) is 0 Å². The zero-order valence-corrected chi connectivity index (χ0v) is 12.3. The van der Waals surface area contributed by atoms with Crippen LogP contribution in [0.3, 0.4) is 0 Å². The van der Waals surface area contributed by atoms with E-state index in [0.717, 1.165) is 25.3 Å². The first-order chi connectivity index (χ1) is 9.12. The Kier molecular flexibility index (Phi) is 6.13. The van der Waals surface area contributed by atoms with Crippen molar-refractivity contribution in [3.63, 3.8) is 0 Å². The first kappa shape index (κ1) is 15.3. The Hall–Kier alpha value is -1.77. The summed E-state index contributed by atoms with van der Waals surface area (Å²) >= 11 is 0. The molecule has 0 aliphatic heterocycles. The molecule has 0 aliphatic rings. The SMILES string of the molecule is C=CCC(CN(CC)c1ncc(C)cc1C)NC=C. The predicted molar refractivity (Wildman–Crippen MR) is 83.5 cm³/mol. The highest BCUT2D eigenvalue weighted by Gasteiger charge is 2.14. The van der Waals surface area contributed by atoms with Crippen LogP contribution in [0.15, 0.2) is 37.7 Å². The van der Waals surface area contributed by atoms with Gasteiger partial charge in [-0.25, -0.2) is 4.98 Å². The monoisotopic (exact) mass is 259 g/mol.